The van der Waals surface area contributed by atoms with Gasteiger partial charge in [-0.05, 0) is 36.4 Å². The molecule has 1 aromatic carbocycles. The highest BCUT2D eigenvalue weighted by molar-refractivity contribution is 6.30. The minimum absolute atomic E-state index is 0.112. The number of rotatable bonds is 6. The summed E-state index contributed by atoms with van der Waals surface area (Å²) in [5.41, 5.74) is 0.964. The number of pyridine rings is 1. The molecule has 0 unspecified atom stereocenters. The Morgan fingerprint density at radius 3 is 2.50 bits per heavy atom. The summed E-state index contributed by atoms with van der Waals surface area (Å²) >= 11 is 5.80. The maximum atomic E-state index is 12.0. The number of amides is 2. The summed E-state index contributed by atoms with van der Waals surface area (Å²) in [7, 11) is 0. The second-order valence-electron chi connectivity index (χ2n) is 5.82. The van der Waals surface area contributed by atoms with Crippen LogP contribution in [0.15, 0.2) is 42.6 Å². The van der Waals surface area contributed by atoms with Gasteiger partial charge in [0.15, 0.2) is 6.61 Å². The lowest BCUT2D eigenvalue weighted by atomic mass is 10.3. The van der Waals surface area contributed by atoms with E-state index in [2.05, 4.69) is 15.2 Å². The van der Waals surface area contributed by atoms with Crippen LogP contribution in [-0.2, 0) is 9.59 Å². The van der Waals surface area contributed by atoms with Gasteiger partial charge in [-0.3, -0.25) is 9.59 Å². The number of hydrogen-bond acceptors (Lipinski definition) is 5. The van der Waals surface area contributed by atoms with Gasteiger partial charge in [-0.2, -0.15) is 0 Å². The fourth-order valence-electron chi connectivity index (χ4n) is 2.59. The fourth-order valence-corrected chi connectivity index (χ4v) is 2.72. The van der Waals surface area contributed by atoms with Crippen molar-refractivity contribution in [3.8, 4) is 5.75 Å². The SMILES string of the molecule is O=CN1CCN(c2ccc(NC(=O)COc3ccc(Cl)cc3)nc2)CC1. The third-order valence-corrected chi connectivity index (χ3v) is 4.28. The molecular formula is C18H19ClN4O3. The van der Waals surface area contributed by atoms with Crippen LogP contribution in [0.4, 0.5) is 11.5 Å². The highest BCUT2D eigenvalue weighted by Crippen LogP contribution is 2.17. The minimum atomic E-state index is -0.292. The van der Waals surface area contributed by atoms with Gasteiger partial charge in [0.25, 0.3) is 5.91 Å². The van der Waals surface area contributed by atoms with Gasteiger partial charge in [0.05, 0.1) is 11.9 Å². The molecule has 2 aromatic rings. The first-order valence-corrected chi connectivity index (χ1v) is 8.60. The number of anilines is 2. The Morgan fingerprint density at radius 2 is 1.88 bits per heavy atom. The standard InChI is InChI=1S/C18H19ClN4O3/c19-14-1-4-16(5-2-14)26-12-18(25)21-17-6-3-15(11-20-17)23-9-7-22(13-24)8-10-23/h1-6,11,13H,7-10,12H2,(H,20,21,25). The average Bonchev–Trinajstić information content (AvgIpc) is 2.68. The normalized spacial score (nSPS) is 14.0. The van der Waals surface area contributed by atoms with Crippen LogP contribution in [0.2, 0.25) is 5.02 Å². The van der Waals surface area contributed by atoms with E-state index in [0.29, 0.717) is 29.7 Å². The molecule has 8 heteroatoms. The van der Waals surface area contributed by atoms with Gasteiger partial charge in [-0.25, -0.2) is 4.98 Å². The second-order valence-corrected chi connectivity index (χ2v) is 6.26. The maximum absolute atomic E-state index is 12.0. The molecule has 0 radical (unpaired) electrons. The van der Waals surface area contributed by atoms with Gasteiger partial charge in [-0.15, -0.1) is 0 Å². The van der Waals surface area contributed by atoms with E-state index in [9.17, 15) is 9.59 Å². The lowest BCUT2D eigenvalue weighted by Crippen LogP contribution is -2.45. The molecule has 1 fully saturated rings. The molecule has 2 heterocycles. The predicted molar refractivity (Wildman–Crippen MR) is 99.7 cm³/mol. The maximum Gasteiger partial charge on any atom is 0.263 e. The van der Waals surface area contributed by atoms with Crippen molar-refractivity contribution in [1.82, 2.24) is 9.88 Å². The van der Waals surface area contributed by atoms with E-state index in [1.54, 1.807) is 41.4 Å². The number of carbonyl (C=O) groups excluding carboxylic acids is 2. The number of piperazine rings is 1. The molecule has 1 N–H and O–H groups in total. The molecular weight excluding hydrogens is 356 g/mol. The first-order valence-electron chi connectivity index (χ1n) is 8.22. The molecule has 0 bridgehead atoms. The van der Waals surface area contributed by atoms with Crippen molar-refractivity contribution in [2.24, 2.45) is 0 Å². The molecule has 0 atom stereocenters. The molecule has 1 aliphatic rings. The van der Waals surface area contributed by atoms with Crippen LogP contribution in [0, 0.1) is 0 Å². The molecule has 0 saturated carbocycles. The monoisotopic (exact) mass is 374 g/mol. The van der Waals surface area contributed by atoms with Crippen LogP contribution >= 0.6 is 11.6 Å². The Kier molecular flexibility index (Phi) is 5.91. The number of ether oxygens (including phenoxy) is 1. The summed E-state index contributed by atoms with van der Waals surface area (Å²) < 4.78 is 5.39. The van der Waals surface area contributed by atoms with E-state index in [0.717, 1.165) is 25.2 Å². The van der Waals surface area contributed by atoms with Crippen LogP contribution < -0.4 is 15.0 Å². The summed E-state index contributed by atoms with van der Waals surface area (Å²) in [6, 6.07) is 10.5. The van der Waals surface area contributed by atoms with Crippen molar-refractivity contribution in [1.29, 1.82) is 0 Å². The molecule has 3 rings (SSSR count). The molecule has 26 heavy (non-hydrogen) atoms. The van der Waals surface area contributed by atoms with Gasteiger partial charge in [0, 0.05) is 31.2 Å². The Bertz CT molecular complexity index is 744. The molecule has 0 spiro atoms. The van der Waals surface area contributed by atoms with Crippen LogP contribution in [0.5, 0.6) is 5.75 Å². The number of carbonyl (C=O) groups is 2. The third kappa shape index (κ3) is 4.86. The van der Waals surface area contributed by atoms with Crippen molar-refractivity contribution in [3.05, 3.63) is 47.6 Å². The quantitative estimate of drug-likeness (QED) is 0.783. The summed E-state index contributed by atoms with van der Waals surface area (Å²) in [6.45, 7) is 2.81. The Balaban J connectivity index is 1.48. The van der Waals surface area contributed by atoms with Crippen molar-refractivity contribution < 1.29 is 14.3 Å². The summed E-state index contributed by atoms with van der Waals surface area (Å²) in [5, 5.41) is 3.31. The third-order valence-electron chi connectivity index (χ3n) is 4.03. The molecule has 136 valence electrons. The molecule has 0 aliphatic carbocycles. The molecule has 1 saturated heterocycles. The highest BCUT2D eigenvalue weighted by atomic mass is 35.5. The Hall–Kier alpha value is -2.80. The Labute approximate surface area is 156 Å². The lowest BCUT2D eigenvalue weighted by Gasteiger charge is -2.33. The number of halogens is 1. The lowest BCUT2D eigenvalue weighted by molar-refractivity contribution is -0.119. The number of nitrogens with zero attached hydrogens (tertiary/aromatic N) is 3. The minimum Gasteiger partial charge on any atom is -0.484 e. The van der Waals surface area contributed by atoms with E-state index in [-0.39, 0.29) is 12.5 Å². The average molecular weight is 375 g/mol. The van der Waals surface area contributed by atoms with E-state index in [1.807, 2.05) is 6.07 Å². The predicted octanol–water partition coefficient (Wildman–Crippen LogP) is 2.03. The smallest absolute Gasteiger partial charge is 0.263 e. The number of hydrogen-bond donors (Lipinski definition) is 1. The van der Waals surface area contributed by atoms with Gasteiger partial charge >= 0.3 is 0 Å². The topological polar surface area (TPSA) is 74.8 Å². The summed E-state index contributed by atoms with van der Waals surface area (Å²) in [5.74, 6) is 0.743. The van der Waals surface area contributed by atoms with Crippen LogP contribution in [0.3, 0.4) is 0 Å². The first kappa shape index (κ1) is 18.0. The van der Waals surface area contributed by atoms with E-state index in [4.69, 9.17) is 16.3 Å². The zero-order valence-electron chi connectivity index (χ0n) is 14.1. The van der Waals surface area contributed by atoms with Crippen molar-refractivity contribution in [2.45, 2.75) is 0 Å². The molecule has 2 amide bonds. The zero-order valence-corrected chi connectivity index (χ0v) is 14.9. The number of aromatic nitrogens is 1. The number of nitrogens with one attached hydrogen (secondary N) is 1. The van der Waals surface area contributed by atoms with E-state index >= 15 is 0 Å². The second kappa shape index (κ2) is 8.53. The van der Waals surface area contributed by atoms with Crippen LogP contribution in [0.25, 0.3) is 0 Å². The van der Waals surface area contributed by atoms with Crippen LogP contribution in [-0.4, -0.2) is 55.0 Å². The van der Waals surface area contributed by atoms with Crippen molar-refractivity contribution >= 4 is 35.4 Å². The van der Waals surface area contributed by atoms with E-state index in [1.165, 1.54) is 0 Å². The van der Waals surface area contributed by atoms with Crippen molar-refractivity contribution in [2.75, 3.05) is 43.0 Å². The zero-order chi connectivity index (χ0) is 18.4. The molecule has 1 aliphatic heterocycles. The van der Waals surface area contributed by atoms with Gasteiger partial charge in [0.1, 0.15) is 11.6 Å². The molecule has 7 nitrogen and oxygen atoms in total. The van der Waals surface area contributed by atoms with Gasteiger partial charge in [-0.1, -0.05) is 11.6 Å². The van der Waals surface area contributed by atoms with Gasteiger partial charge in [0.2, 0.25) is 6.41 Å². The van der Waals surface area contributed by atoms with Crippen molar-refractivity contribution in [3.63, 3.8) is 0 Å². The fraction of sp³-hybridized carbons (Fsp3) is 0.278. The van der Waals surface area contributed by atoms with Gasteiger partial charge < -0.3 is 19.9 Å². The number of benzene rings is 1. The van der Waals surface area contributed by atoms with Crippen LogP contribution in [0.1, 0.15) is 0 Å². The molecule has 1 aromatic heterocycles. The highest BCUT2D eigenvalue weighted by Gasteiger charge is 2.16. The largest absolute Gasteiger partial charge is 0.484 e. The van der Waals surface area contributed by atoms with E-state index < -0.39 is 0 Å². The first-order chi connectivity index (χ1) is 12.6. The summed E-state index contributed by atoms with van der Waals surface area (Å²) in [6.07, 6.45) is 2.59. The Morgan fingerprint density at radius 1 is 1.15 bits per heavy atom. The summed E-state index contributed by atoms with van der Waals surface area (Å²) in [4.78, 5) is 30.9.